The normalized spacial score (nSPS) is 9.79. The summed E-state index contributed by atoms with van der Waals surface area (Å²) in [7, 11) is 0. The topological polar surface area (TPSA) is 63.5 Å². The maximum absolute atomic E-state index is 12.1. The first-order valence-corrected chi connectivity index (χ1v) is 6.04. The van der Waals surface area contributed by atoms with Gasteiger partial charge < -0.3 is 4.90 Å². The summed E-state index contributed by atoms with van der Waals surface area (Å²) in [6.07, 6.45) is 5.15. The molecule has 0 aliphatic rings. The maximum atomic E-state index is 12.1. The molecule has 5 nitrogen and oxygen atoms in total. The van der Waals surface area contributed by atoms with E-state index in [9.17, 15) is 14.9 Å². The summed E-state index contributed by atoms with van der Waals surface area (Å²) in [5.41, 5.74) is -0.326. The van der Waals surface area contributed by atoms with Gasteiger partial charge in [0.15, 0.2) is 0 Å². The summed E-state index contributed by atoms with van der Waals surface area (Å²) in [5.74, 6) is 1.92. The van der Waals surface area contributed by atoms with E-state index in [-0.39, 0.29) is 22.2 Å². The number of amides is 1. The fourth-order valence-electron chi connectivity index (χ4n) is 1.45. The van der Waals surface area contributed by atoms with Gasteiger partial charge in [-0.1, -0.05) is 29.1 Å². The van der Waals surface area contributed by atoms with Crippen LogP contribution in [0.2, 0.25) is 10.0 Å². The van der Waals surface area contributed by atoms with Crippen molar-refractivity contribution in [3.8, 4) is 12.3 Å². The van der Waals surface area contributed by atoms with Gasteiger partial charge in [0, 0.05) is 18.2 Å². The molecule has 0 fully saturated rings. The van der Waals surface area contributed by atoms with Gasteiger partial charge in [-0.25, -0.2) is 0 Å². The molecule has 1 amide bonds. The maximum Gasteiger partial charge on any atom is 0.290 e. The Bertz CT molecular complexity index is 567. The van der Waals surface area contributed by atoms with Crippen molar-refractivity contribution in [2.45, 2.75) is 6.92 Å². The molecule has 0 N–H and O–H groups in total. The van der Waals surface area contributed by atoms with Gasteiger partial charge in [0.2, 0.25) is 0 Å². The molecule has 0 aliphatic carbocycles. The zero-order chi connectivity index (χ0) is 14.6. The molecular formula is C12H10Cl2N2O3. The highest BCUT2D eigenvalue weighted by Gasteiger charge is 2.22. The highest BCUT2D eigenvalue weighted by atomic mass is 35.5. The molecular weight excluding hydrogens is 291 g/mol. The number of hydrogen-bond acceptors (Lipinski definition) is 3. The molecule has 0 unspecified atom stereocenters. The van der Waals surface area contributed by atoms with Crippen molar-refractivity contribution in [3.63, 3.8) is 0 Å². The van der Waals surface area contributed by atoms with Crippen LogP contribution in [0.15, 0.2) is 12.1 Å². The Morgan fingerprint density at radius 2 is 2.16 bits per heavy atom. The molecule has 100 valence electrons. The fraction of sp³-hybridized carbons (Fsp3) is 0.250. The lowest BCUT2D eigenvalue weighted by Gasteiger charge is -2.18. The first kappa shape index (κ1) is 15.3. The molecule has 0 spiro atoms. The number of rotatable bonds is 4. The van der Waals surface area contributed by atoms with Crippen LogP contribution in [-0.4, -0.2) is 28.8 Å². The van der Waals surface area contributed by atoms with Crippen molar-refractivity contribution in [1.29, 1.82) is 0 Å². The quantitative estimate of drug-likeness (QED) is 0.488. The molecule has 1 aromatic carbocycles. The van der Waals surface area contributed by atoms with Gasteiger partial charge in [0.05, 0.1) is 16.5 Å². The Morgan fingerprint density at radius 1 is 1.53 bits per heavy atom. The molecule has 1 rings (SSSR count). The van der Waals surface area contributed by atoms with Gasteiger partial charge in [-0.05, 0) is 13.0 Å². The molecule has 0 bridgehead atoms. The lowest BCUT2D eigenvalue weighted by atomic mass is 10.1. The molecule has 19 heavy (non-hydrogen) atoms. The van der Waals surface area contributed by atoms with Crippen LogP contribution in [0.5, 0.6) is 0 Å². The number of carbonyl (C=O) groups excluding carboxylic acids is 1. The van der Waals surface area contributed by atoms with Crippen LogP contribution < -0.4 is 0 Å². The number of carbonyl (C=O) groups is 1. The minimum atomic E-state index is -0.692. The zero-order valence-corrected chi connectivity index (χ0v) is 11.5. The van der Waals surface area contributed by atoms with Crippen LogP contribution in [-0.2, 0) is 0 Å². The second-order valence-corrected chi connectivity index (χ2v) is 4.36. The monoisotopic (exact) mass is 300 g/mol. The van der Waals surface area contributed by atoms with Gasteiger partial charge in [0.25, 0.3) is 11.6 Å². The van der Waals surface area contributed by atoms with Gasteiger partial charge >= 0.3 is 0 Å². The number of terminal acetylenes is 1. The van der Waals surface area contributed by atoms with E-state index in [1.807, 2.05) is 0 Å². The highest BCUT2D eigenvalue weighted by molar-refractivity contribution is 6.43. The van der Waals surface area contributed by atoms with E-state index in [0.29, 0.717) is 6.54 Å². The summed E-state index contributed by atoms with van der Waals surface area (Å²) in [4.78, 5) is 23.6. The van der Waals surface area contributed by atoms with E-state index in [2.05, 4.69) is 5.92 Å². The van der Waals surface area contributed by atoms with E-state index in [1.165, 1.54) is 11.0 Å². The molecule has 7 heteroatoms. The third-order valence-electron chi connectivity index (χ3n) is 2.40. The molecule has 0 radical (unpaired) electrons. The molecule has 0 atom stereocenters. The summed E-state index contributed by atoms with van der Waals surface area (Å²) in [6.45, 7) is 2.25. The first-order chi connectivity index (χ1) is 8.92. The largest absolute Gasteiger partial charge is 0.328 e. The standard InChI is InChI=1S/C12H10Cl2N2O3/c1-3-5-15(4-2)12(17)8-6-9(13)11(14)10(7-8)16(18)19/h1,6-7H,4-5H2,2H3. The van der Waals surface area contributed by atoms with Crippen molar-refractivity contribution >= 4 is 34.8 Å². The molecule has 1 aromatic rings. The van der Waals surface area contributed by atoms with Gasteiger partial charge in [0.1, 0.15) is 5.02 Å². The van der Waals surface area contributed by atoms with Crippen LogP contribution in [0.1, 0.15) is 17.3 Å². The SMILES string of the molecule is C#CCN(CC)C(=O)c1cc(Cl)c(Cl)c([N+](=O)[O-])c1. The number of nitro benzene ring substituents is 1. The van der Waals surface area contributed by atoms with Crippen molar-refractivity contribution < 1.29 is 9.72 Å². The van der Waals surface area contributed by atoms with E-state index >= 15 is 0 Å². The summed E-state index contributed by atoms with van der Waals surface area (Å²) in [5, 5.41) is 10.6. The Labute approximate surface area is 120 Å². The number of halogens is 2. The predicted octanol–water partition coefficient (Wildman–Crippen LogP) is 3.00. The van der Waals surface area contributed by atoms with Crippen LogP contribution in [0.25, 0.3) is 0 Å². The lowest BCUT2D eigenvalue weighted by molar-refractivity contribution is -0.384. The van der Waals surface area contributed by atoms with E-state index < -0.39 is 16.5 Å². The third-order valence-corrected chi connectivity index (χ3v) is 3.20. The summed E-state index contributed by atoms with van der Waals surface area (Å²) < 4.78 is 0. The highest BCUT2D eigenvalue weighted by Crippen LogP contribution is 2.33. The molecule has 0 saturated carbocycles. The third kappa shape index (κ3) is 3.37. The predicted molar refractivity (Wildman–Crippen MR) is 73.5 cm³/mol. The zero-order valence-electron chi connectivity index (χ0n) is 10.0. The number of benzene rings is 1. The molecule has 0 aliphatic heterocycles. The number of hydrogen-bond donors (Lipinski definition) is 0. The smallest absolute Gasteiger partial charge is 0.290 e. The molecule has 0 aromatic heterocycles. The van der Waals surface area contributed by atoms with Crippen molar-refractivity contribution in [1.82, 2.24) is 4.90 Å². The Hall–Kier alpha value is -1.77. The van der Waals surface area contributed by atoms with E-state index in [1.54, 1.807) is 6.92 Å². The summed E-state index contributed by atoms with van der Waals surface area (Å²) in [6, 6.07) is 2.38. The average molecular weight is 301 g/mol. The number of nitrogens with zero attached hydrogens (tertiary/aromatic N) is 2. The fourth-order valence-corrected chi connectivity index (χ4v) is 1.84. The van der Waals surface area contributed by atoms with Gasteiger partial charge in [-0.3, -0.25) is 14.9 Å². The molecule has 0 saturated heterocycles. The Morgan fingerprint density at radius 3 is 2.63 bits per heavy atom. The van der Waals surface area contributed by atoms with Crippen molar-refractivity contribution in [2.24, 2.45) is 0 Å². The summed E-state index contributed by atoms with van der Waals surface area (Å²) >= 11 is 11.5. The average Bonchev–Trinajstić information content (AvgIpc) is 2.37. The van der Waals surface area contributed by atoms with Gasteiger partial charge in [-0.15, -0.1) is 6.42 Å². The second-order valence-electron chi connectivity index (χ2n) is 3.57. The second kappa shape index (κ2) is 6.41. The Kier molecular flexibility index (Phi) is 5.16. The van der Waals surface area contributed by atoms with Crippen LogP contribution in [0, 0.1) is 22.5 Å². The van der Waals surface area contributed by atoms with Crippen molar-refractivity contribution in [2.75, 3.05) is 13.1 Å². The minimum absolute atomic E-state index is 0.0454. The molecule has 0 heterocycles. The lowest BCUT2D eigenvalue weighted by Crippen LogP contribution is -2.31. The van der Waals surface area contributed by atoms with Crippen LogP contribution in [0.3, 0.4) is 0 Å². The van der Waals surface area contributed by atoms with Crippen LogP contribution >= 0.6 is 23.2 Å². The minimum Gasteiger partial charge on any atom is -0.328 e. The van der Waals surface area contributed by atoms with Crippen LogP contribution in [0.4, 0.5) is 5.69 Å². The van der Waals surface area contributed by atoms with E-state index in [4.69, 9.17) is 29.6 Å². The van der Waals surface area contributed by atoms with Crippen molar-refractivity contribution in [3.05, 3.63) is 37.9 Å². The van der Waals surface area contributed by atoms with E-state index in [0.717, 1.165) is 6.07 Å². The van der Waals surface area contributed by atoms with Gasteiger partial charge in [-0.2, -0.15) is 0 Å². The first-order valence-electron chi connectivity index (χ1n) is 5.28. The number of nitro groups is 1. The Balaban J connectivity index is 3.25.